The maximum absolute atomic E-state index is 11.7. The third-order valence-corrected chi connectivity index (χ3v) is 4.08. The number of nitrogens with zero attached hydrogens (tertiary/aromatic N) is 1. The number of carbonyl (C=O) groups excluding carboxylic acids is 1. The molecule has 0 aromatic heterocycles. The summed E-state index contributed by atoms with van der Waals surface area (Å²) in [5, 5.41) is 0. The van der Waals surface area contributed by atoms with E-state index in [1.165, 1.54) is 18.2 Å². The Morgan fingerprint density at radius 1 is 1.50 bits per heavy atom. The van der Waals surface area contributed by atoms with E-state index in [0.29, 0.717) is 6.54 Å². The second-order valence-corrected chi connectivity index (χ2v) is 5.56. The van der Waals surface area contributed by atoms with Gasteiger partial charge in [0.2, 0.25) is 0 Å². The number of nitrogens with two attached hydrogens (primary N) is 1. The number of likely N-dealkylation sites (tertiary alicyclic amines) is 1. The molecule has 0 spiro atoms. The van der Waals surface area contributed by atoms with Crippen LogP contribution < -0.4 is 5.73 Å². The number of hydrogen-bond acceptors (Lipinski definition) is 4. The molecule has 1 unspecified atom stereocenters. The number of methoxy groups -OCH3 is 1. The molecule has 1 heterocycles. The molecule has 20 heavy (non-hydrogen) atoms. The molecule has 1 aromatic carbocycles. The fourth-order valence-electron chi connectivity index (χ4n) is 2.86. The first-order valence-corrected chi connectivity index (χ1v) is 7.22. The summed E-state index contributed by atoms with van der Waals surface area (Å²) in [6, 6.07) is 6.39. The van der Waals surface area contributed by atoms with Gasteiger partial charge in [0.15, 0.2) is 0 Å². The molecule has 2 N–H and O–H groups in total. The van der Waals surface area contributed by atoms with Crippen LogP contribution in [0.3, 0.4) is 0 Å². The van der Waals surface area contributed by atoms with Gasteiger partial charge in [0, 0.05) is 19.6 Å². The van der Waals surface area contributed by atoms with E-state index >= 15 is 0 Å². The molecule has 1 aliphatic heterocycles. The lowest BCUT2D eigenvalue weighted by atomic mass is 9.97. The molecule has 4 heteroatoms. The summed E-state index contributed by atoms with van der Waals surface area (Å²) in [6.07, 6.45) is 1.99. The second kappa shape index (κ2) is 6.86. The Labute approximate surface area is 120 Å². The minimum atomic E-state index is -0.0788. The first-order chi connectivity index (χ1) is 9.63. The normalized spacial score (nSPS) is 19.9. The van der Waals surface area contributed by atoms with Gasteiger partial charge in [-0.2, -0.15) is 0 Å². The Balaban J connectivity index is 2.00. The first kappa shape index (κ1) is 15.0. The Morgan fingerprint density at radius 2 is 2.30 bits per heavy atom. The van der Waals surface area contributed by atoms with Crippen molar-refractivity contribution < 1.29 is 9.53 Å². The van der Waals surface area contributed by atoms with Crippen LogP contribution in [0.15, 0.2) is 18.2 Å². The lowest BCUT2D eigenvalue weighted by molar-refractivity contribution is -0.147. The van der Waals surface area contributed by atoms with E-state index in [1.54, 1.807) is 0 Å². The van der Waals surface area contributed by atoms with Gasteiger partial charge in [-0.15, -0.1) is 0 Å². The number of ether oxygens (including phenoxy) is 1. The lowest BCUT2D eigenvalue weighted by Crippen LogP contribution is -2.38. The highest BCUT2D eigenvalue weighted by Crippen LogP contribution is 2.21. The molecule has 0 bridgehead atoms. The minimum Gasteiger partial charge on any atom is -0.469 e. The van der Waals surface area contributed by atoms with Crippen molar-refractivity contribution in [1.82, 2.24) is 4.90 Å². The second-order valence-electron chi connectivity index (χ2n) is 5.56. The predicted octanol–water partition coefficient (Wildman–Crippen LogP) is 1.84. The molecule has 1 fully saturated rings. The number of hydrogen-bond donors (Lipinski definition) is 1. The molecule has 4 nitrogen and oxygen atoms in total. The predicted molar refractivity (Wildman–Crippen MR) is 79.1 cm³/mol. The monoisotopic (exact) mass is 276 g/mol. The van der Waals surface area contributed by atoms with Gasteiger partial charge in [-0.3, -0.25) is 9.69 Å². The van der Waals surface area contributed by atoms with Gasteiger partial charge in [0.25, 0.3) is 0 Å². The smallest absolute Gasteiger partial charge is 0.309 e. The van der Waals surface area contributed by atoms with Crippen LogP contribution in [-0.2, 0) is 22.6 Å². The van der Waals surface area contributed by atoms with Crippen LogP contribution in [0.2, 0.25) is 0 Å². The topological polar surface area (TPSA) is 55.6 Å². The van der Waals surface area contributed by atoms with Crippen molar-refractivity contribution in [1.29, 1.82) is 0 Å². The Kier molecular flexibility index (Phi) is 5.15. The van der Waals surface area contributed by atoms with Crippen LogP contribution in [0.4, 0.5) is 0 Å². The molecule has 1 saturated heterocycles. The van der Waals surface area contributed by atoms with Gasteiger partial charge >= 0.3 is 5.97 Å². The van der Waals surface area contributed by atoms with E-state index in [-0.39, 0.29) is 11.9 Å². The van der Waals surface area contributed by atoms with Crippen molar-refractivity contribution in [3.05, 3.63) is 34.9 Å². The molecule has 110 valence electrons. The third kappa shape index (κ3) is 3.58. The average molecular weight is 276 g/mol. The van der Waals surface area contributed by atoms with Crippen LogP contribution in [0.25, 0.3) is 0 Å². The molecule has 1 atom stereocenters. The van der Waals surface area contributed by atoms with Gasteiger partial charge in [0.05, 0.1) is 13.0 Å². The van der Waals surface area contributed by atoms with E-state index in [4.69, 9.17) is 10.5 Å². The van der Waals surface area contributed by atoms with E-state index in [2.05, 4.69) is 30.0 Å². The Bertz CT molecular complexity index is 474. The van der Waals surface area contributed by atoms with Crippen molar-refractivity contribution in [2.75, 3.05) is 20.2 Å². The molecule has 1 aromatic rings. The van der Waals surface area contributed by atoms with Crippen molar-refractivity contribution in [2.45, 2.75) is 32.9 Å². The maximum atomic E-state index is 11.7. The van der Waals surface area contributed by atoms with Gasteiger partial charge < -0.3 is 10.5 Å². The van der Waals surface area contributed by atoms with Gasteiger partial charge in [0.1, 0.15) is 0 Å². The summed E-state index contributed by atoms with van der Waals surface area (Å²) < 4.78 is 4.86. The zero-order chi connectivity index (χ0) is 14.5. The maximum Gasteiger partial charge on any atom is 0.309 e. The molecular formula is C16H24N2O2. The highest BCUT2D eigenvalue weighted by molar-refractivity contribution is 5.72. The Morgan fingerprint density at radius 3 is 2.95 bits per heavy atom. The number of aryl methyl sites for hydroxylation is 1. The standard InChI is InChI=1S/C16H24N2O2/c1-12-8-13(9-17)5-6-14(12)10-18-7-3-4-15(11-18)16(19)20-2/h5-6,8,15H,3-4,7,9-11,17H2,1-2H3. The summed E-state index contributed by atoms with van der Waals surface area (Å²) in [7, 11) is 1.47. The van der Waals surface area contributed by atoms with E-state index in [0.717, 1.165) is 38.0 Å². The average Bonchev–Trinajstić information content (AvgIpc) is 2.48. The zero-order valence-corrected chi connectivity index (χ0v) is 12.4. The summed E-state index contributed by atoms with van der Waals surface area (Å²) >= 11 is 0. The number of piperidine rings is 1. The summed E-state index contributed by atoms with van der Waals surface area (Å²) in [4.78, 5) is 14.0. The largest absolute Gasteiger partial charge is 0.469 e. The summed E-state index contributed by atoms with van der Waals surface area (Å²) in [5.74, 6) is -0.0535. The van der Waals surface area contributed by atoms with E-state index in [9.17, 15) is 4.79 Å². The summed E-state index contributed by atoms with van der Waals surface area (Å²) in [5.41, 5.74) is 9.41. The molecule has 0 saturated carbocycles. The summed E-state index contributed by atoms with van der Waals surface area (Å²) in [6.45, 7) is 5.44. The number of rotatable bonds is 4. The van der Waals surface area contributed by atoms with Crippen LogP contribution in [0.1, 0.15) is 29.5 Å². The molecule has 2 rings (SSSR count). The van der Waals surface area contributed by atoms with Gasteiger partial charge in [-0.1, -0.05) is 18.2 Å². The highest BCUT2D eigenvalue weighted by atomic mass is 16.5. The quantitative estimate of drug-likeness (QED) is 0.853. The number of benzene rings is 1. The molecular weight excluding hydrogens is 252 g/mol. The zero-order valence-electron chi connectivity index (χ0n) is 12.4. The van der Waals surface area contributed by atoms with E-state index < -0.39 is 0 Å². The molecule has 0 aliphatic carbocycles. The number of esters is 1. The van der Waals surface area contributed by atoms with Crippen LogP contribution in [0, 0.1) is 12.8 Å². The van der Waals surface area contributed by atoms with E-state index in [1.807, 2.05) is 0 Å². The molecule has 1 aliphatic rings. The third-order valence-electron chi connectivity index (χ3n) is 4.08. The fraction of sp³-hybridized carbons (Fsp3) is 0.562. The van der Waals surface area contributed by atoms with Crippen LogP contribution in [-0.4, -0.2) is 31.1 Å². The minimum absolute atomic E-state index is 0.0253. The lowest BCUT2D eigenvalue weighted by Gasteiger charge is -2.31. The highest BCUT2D eigenvalue weighted by Gasteiger charge is 2.26. The fourth-order valence-corrected chi connectivity index (χ4v) is 2.86. The van der Waals surface area contributed by atoms with Crippen molar-refractivity contribution in [2.24, 2.45) is 11.7 Å². The number of carbonyl (C=O) groups is 1. The van der Waals surface area contributed by atoms with Crippen molar-refractivity contribution in [3.8, 4) is 0 Å². The van der Waals surface area contributed by atoms with Crippen LogP contribution >= 0.6 is 0 Å². The SMILES string of the molecule is COC(=O)C1CCCN(Cc2ccc(CN)cc2C)C1. The van der Waals surface area contributed by atoms with Crippen molar-refractivity contribution >= 4 is 5.97 Å². The molecule has 0 amide bonds. The first-order valence-electron chi connectivity index (χ1n) is 7.22. The van der Waals surface area contributed by atoms with Gasteiger partial charge in [-0.05, 0) is 43.0 Å². The molecule has 0 radical (unpaired) electrons. The Hall–Kier alpha value is -1.39. The van der Waals surface area contributed by atoms with Gasteiger partial charge in [-0.25, -0.2) is 0 Å². The van der Waals surface area contributed by atoms with Crippen molar-refractivity contribution in [3.63, 3.8) is 0 Å². The van der Waals surface area contributed by atoms with Crippen LogP contribution in [0.5, 0.6) is 0 Å².